The molecule has 5 nitrogen and oxygen atoms in total. The molecule has 2 aromatic carbocycles. The van der Waals surface area contributed by atoms with Gasteiger partial charge in [0, 0.05) is 17.3 Å². The Kier molecular flexibility index (Phi) is 7.37. The number of benzene rings is 2. The minimum absolute atomic E-state index is 0.0719. The monoisotopic (exact) mass is 391 g/mol. The van der Waals surface area contributed by atoms with Crippen LogP contribution in [0.2, 0.25) is 5.02 Å². The number of hydrogen-bond donors (Lipinski definition) is 1. The van der Waals surface area contributed by atoms with Crippen LogP contribution in [0.3, 0.4) is 0 Å². The van der Waals surface area contributed by atoms with E-state index in [1.54, 1.807) is 24.3 Å². The number of hydrogen-bond acceptors (Lipinski definition) is 4. The second-order valence-corrected chi connectivity index (χ2v) is 5.90. The van der Waals surface area contributed by atoms with E-state index in [0.717, 1.165) is 6.08 Å². The van der Waals surface area contributed by atoms with Crippen molar-refractivity contribution in [3.63, 3.8) is 0 Å². The van der Waals surface area contributed by atoms with E-state index >= 15 is 0 Å². The standard InChI is InChI=1S/C20H19ClFNO4/c1-3-26-15-9-7-14(8-10-15)23-20(25)13(2)27-19(24)12-11-16-17(21)5-4-6-18(16)22/h4-13H,3H2,1-2H3,(H,23,25)/b12-11+/t13-/m0/s1. The smallest absolute Gasteiger partial charge is 0.331 e. The normalized spacial score (nSPS) is 11.9. The number of ether oxygens (including phenoxy) is 2. The minimum atomic E-state index is -1.04. The average Bonchev–Trinajstić information content (AvgIpc) is 2.63. The third-order valence-corrected chi connectivity index (χ3v) is 3.81. The van der Waals surface area contributed by atoms with Gasteiger partial charge in [-0.15, -0.1) is 0 Å². The number of rotatable bonds is 7. The van der Waals surface area contributed by atoms with Crippen LogP contribution >= 0.6 is 11.6 Å². The molecule has 2 rings (SSSR count). The Labute approximate surface area is 161 Å². The number of anilines is 1. The van der Waals surface area contributed by atoms with Gasteiger partial charge in [0.25, 0.3) is 5.91 Å². The van der Waals surface area contributed by atoms with Crippen molar-refractivity contribution in [2.75, 3.05) is 11.9 Å². The van der Waals surface area contributed by atoms with Crippen LogP contribution < -0.4 is 10.1 Å². The molecule has 1 amide bonds. The minimum Gasteiger partial charge on any atom is -0.494 e. The first-order valence-corrected chi connectivity index (χ1v) is 8.65. The van der Waals surface area contributed by atoms with Crippen molar-refractivity contribution < 1.29 is 23.5 Å². The highest BCUT2D eigenvalue weighted by Crippen LogP contribution is 2.20. The third kappa shape index (κ3) is 6.11. The lowest BCUT2D eigenvalue weighted by Gasteiger charge is -2.13. The Balaban J connectivity index is 1.91. The van der Waals surface area contributed by atoms with E-state index in [2.05, 4.69) is 5.32 Å². The lowest BCUT2D eigenvalue weighted by Crippen LogP contribution is -2.29. The van der Waals surface area contributed by atoms with Crippen LogP contribution in [0.5, 0.6) is 5.75 Å². The quantitative estimate of drug-likeness (QED) is 0.559. The van der Waals surface area contributed by atoms with E-state index in [0.29, 0.717) is 18.0 Å². The molecule has 0 aliphatic heterocycles. The number of amides is 1. The van der Waals surface area contributed by atoms with Gasteiger partial charge in [0.15, 0.2) is 6.10 Å². The Hall–Kier alpha value is -2.86. The van der Waals surface area contributed by atoms with E-state index in [4.69, 9.17) is 21.1 Å². The number of halogens is 2. The van der Waals surface area contributed by atoms with Gasteiger partial charge >= 0.3 is 5.97 Å². The zero-order valence-corrected chi connectivity index (χ0v) is 15.6. The highest BCUT2D eigenvalue weighted by Gasteiger charge is 2.17. The molecule has 0 aromatic heterocycles. The van der Waals surface area contributed by atoms with Crippen LogP contribution in [0.25, 0.3) is 6.08 Å². The maximum atomic E-state index is 13.6. The van der Waals surface area contributed by atoms with Gasteiger partial charge in [-0.2, -0.15) is 0 Å². The van der Waals surface area contributed by atoms with Crippen molar-refractivity contribution in [2.24, 2.45) is 0 Å². The predicted molar refractivity (Wildman–Crippen MR) is 102 cm³/mol. The Morgan fingerprint density at radius 2 is 1.93 bits per heavy atom. The number of esters is 1. The van der Waals surface area contributed by atoms with Crippen molar-refractivity contribution in [1.29, 1.82) is 0 Å². The molecular weight excluding hydrogens is 373 g/mol. The molecule has 0 bridgehead atoms. The summed E-state index contributed by atoms with van der Waals surface area (Å²) in [4.78, 5) is 24.0. The van der Waals surface area contributed by atoms with Crippen molar-refractivity contribution >= 4 is 35.2 Å². The zero-order chi connectivity index (χ0) is 19.8. The maximum Gasteiger partial charge on any atom is 0.331 e. The molecule has 0 aliphatic rings. The Morgan fingerprint density at radius 3 is 2.56 bits per heavy atom. The molecule has 0 aliphatic carbocycles. The van der Waals surface area contributed by atoms with Crippen molar-refractivity contribution in [3.05, 3.63) is 64.9 Å². The molecule has 0 saturated carbocycles. The number of carbonyl (C=O) groups excluding carboxylic acids is 2. The van der Waals surface area contributed by atoms with E-state index in [-0.39, 0.29) is 10.6 Å². The lowest BCUT2D eigenvalue weighted by atomic mass is 10.2. The van der Waals surface area contributed by atoms with Crippen molar-refractivity contribution in [1.82, 2.24) is 0 Å². The largest absolute Gasteiger partial charge is 0.494 e. The van der Waals surface area contributed by atoms with Gasteiger partial charge in [-0.3, -0.25) is 4.79 Å². The molecule has 0 heterocycles. The fourth-order valence-corrected chi connectivity index (χ4v) is 2.36. The molecule has 0 saturated heterocycles. The molecule has 142 valence electrons. The summed E-state index contributed by atoms with van der Waals surface area (Å²) in [6.07, 6.45) is 1.19. The van der Waals surface area contributed by atoms with Crippen LogP contribution in [0, 0.1) is 5.82 Å². The first kappa shape index (κ1) is 20.5. The molecule has 0 spiro atoms. The summed E-state index contributed by atoms with van der Waals surface area (Å²) >= 11 is 5.87. The van der Waals surface area contributed by atoms with Gasteiger partial charge in [-0.05, 0) is 56.3 Å². The predicted octanol–water partition coefficient (Wildman–Crippen LogP) is 4.46. The van der Waals surface area contributed by atoms with E-state index in [9.17, 15) is 14.0 Å². The summed E-state index contributed by atoms with van der Waals surface area (Å²) in [5.74, 6) is -1.16. The van der Waals surface area contributed by atoms with Crippen LogP contribution in [-0.4, -0.2) is 24.6 Å². The van der Waals surface area contributed by atoms with Crippen LogP contribution in [-0.2, 0) is 14.3 Å². The third-order valence-electron chi connectivity index (χ3n) is 3.48. The van der Waals surface area contributed by atoms with Gasteiger partial charge in [0.2, 0.25) is 0 Å². The summed E-state index contributed by atoms with van der Waals surface area (Å²) in [6, 6.07) is 11.0. The second-order valence-electron chi connectivity index (χ2n) is 5.49. The molecule has 1 N–H and O–H groups in total. The molecule has 1 atom stereocenters. The summed E-state index contributed by atoms with van der Waals surface area (Å²) in [5.41, 5.74) is 0.614. The first-order valence-electron chi connectivity index (χ1n) is 8.27. The molecule has 0 fully saturated rings. The van der Waals surface area contributed by atoms with E-state index < -0.39 is 23.8 Å². The molecule has 27 heavy (non-hydrogen) atoms. The maximum absolute atomic E-state index is 13.6. The fourth-order valence-electron chi connectivity index (χ4n) is 2.13. The van der Waals surface area contributed by atoms with Gasteiger partial charge in [-0.25, -0.2) is 9.18 Å². The lowest BCUT2D eigenvalue weighted by molar-refractivity contribution is -0.148. The highest BCUT2D eigenvalue weighted by molar-refractivity contribution is 6.32. The van der Waals surface area contributed by atoms with Gasteiger partial charge < -0.3 is 14.8 Å². The summed E-state index contributed by atoms with van der Waals surface area (Å²) in [7, 11) is 0. The summed E-state index contributed by atoms with van der Waals surface area (Å²) in [6.45, 7) is 3.86. The first-order chi connectivity index (χ1) is 12.9. The molecular formula is C20H19ClFNO4. The Morgan fingerprint density at radius 1 is 1.22 bits per heavy atom. The topological polar surface area (TPSA) is 64.6 Å². The van der Waals surface area contributed by atoms with E-state index in [1.165, 1.54) is 31.2 Å². The molecule has 2 aromatic rings. The second kappa shape index (κ2) is 9.73. The van der Waals surface area contributed by atoms with Gasteiger partial charge in [-0.1, -0.05) is 17.7 Å². The van der Waals surface area contributed by atoms with Crippen LogP contribution in [0.1, 0.15) is 19.4 Å². The highest BCUT2D eigenvalue weighted by atomic mass is 35.5. The SMILES string of the molecule is CCOc1ccc(NC(=O)[C@H](C)OC(=O)/C=C/c2c(F)cccc2Cl)cc1. The van der Waals surface area contributed by atoms with Crippen LogP contribution in [0.15, 0.2) is 48.5 Å². The molecule has 7 heteroatoms. The fraction of sp³-hybridized carbons (Fsp3) is 0.200. The zero-order valence-electron chi connectivity index (χ0n) is 14.9. The number of nitrogens with one attached hydrogen (secondary N) is 1. The number of carbonyl (C=O) groups is 2. The molecule has 0 radical (unpaired) electrons. The molecule has 0 unspecified atom stereocenters. The van der Waals surface area contributed by atoms with Crippen molar-refractivity contribution in [3.8, 4) is 5.75 Å². The summed E-state index contributed by atoms with van der Waals surface area (Å²) < 4.78 is 24.0. The van der Waals surface area contributed by atoms with Crippen LogP contribution in [0.4, 0.5) is 10.1 Å². The summed E-state index contributed by atoms with van der Waals surface area (Å²) in [5, 5.41) is 2.80. The van der Waals surface area contributed by atoms with Gasteiger partial charge in [0.1, 0.15) is 11.6 Å². The Bertz CT molecular complexity index is 816. The van der Waals surface area contributed by atoms with Crippen molar-refractivity contribution in [2.45, 2.75) is 20.0 Å². The average molecular weight is 392 g/mol. The van der Waals surface area contributed by atoms with Gasteiger partial charge in [0.05, 0.1) is 11.6 Å². The van der Waals surface area contributed by atoms with E-state index in [1.807, 2.05) is 6.92 Å².